The van der Waals surface area contributed by atoms with Crippen LogP contribution in [0.25, 0.3) is 0 Å². The van der Waals surface area contributed by atoms with E-state index in [1.54, 1.807) is 0 Å². The standard InChI is InChI=1S/C67H131NO5/c1-3-5-7-9-11-13-15-17-19-21-23-24-25-26-27-28-29-30-32-35-39-43-47-51-55-59-65(70)64(63-69)68-66(71)60-56-52-48-44-40-36-34-38-42-46-50-54-58-62-73-67(72)61-57-53-49-45-41-37-33-31-22-20-18-16-14-12-10-8-6-4-2/h36,40,64-65,69-70H,3-35,37-39,41-63H2,1-2H3,(H,68,71)/b40-36-. The number of rotatable bonds is 63. The van der Waals surface area contributed by atoms with E-state index in [0.717, 1.165) is 70.6 Å². The third-order valence-electron chi connectivity index (χ3n) is 15.8. The molecule has 0 spiro atoms. The molecular weight excluding hydrogens is 899 g/mol. The smallest absolute Gasteiger partial charge is 0.305 e. The van der Waals surface area contributed by atoms with E-state index in [1.165, 1.54) is 276 Å². The predicted molar refractivity (Wildman–Crippen MR) is 320 cm³/mol. The summed E-state index contributed by atoms with van der Waals surface area (Å²) in [4.78, 5) is 24.6. The van der Waals surface area contributed by atoms with Crippen LogP contribution in [0.4, 0.5) is 0 Å². The van der Waals surface area contributed by atoms with Gasteiger partial charge in [-0.25, -0.2) is 0 Å². The Hall–Kier alpha value is -1.40. The monoisotopic (exact) mass is 1030 g/mol. The minimum atomic E-state index is -0.682. The predicted octanol–water partition coefficient (Wildman–Crippen LogP) is 21.2. The minimum Gasteiger partial charge on any atom is -0.466 e. The van der Waals surface area contributed by atoms with Crippen LogP contribution in [0.3, 0.4) is 0 Å². The maximum absolute atomic E-state index is 12.5. The van der Waals surface area contributed by atoms with Crippen LogP contribution in [0.15, 0.2) is 12.2 Å². The Morgan fingerprint density at radius 2 is 0.644 bits per heavy atom. The van der Waals surface area contributed by atoms with Crippen molar-refractivity contribution in [2.24, 2.45) is 0 Å². The zero-order valence-corrected chi connectivity index (χ0v) is 49.6. The van der Waals surface area contributed by atoms with Gasteiger partial charge in [-0.3, -0.25) is 9.59 Å². The molecule has 0 bridgehead atoms. The molecule has 0 fully saturated rings. The number of aliphatic hydroxyl groups excluding tert-OH is 2. The molecule has 434 valence electrons. The second-order valence-electron chi connectivity index (χ2n) is 23.2. The number of esters is 1. The zero-order chi connectivity index (χ0) is 52.9. The molecule has 0 aromatic rings. The number of amides is 1. The van der Waals surface area contributed by atoms with Crippen LogP contribution in [0.1, 0.15) is 380 Å². The van der Waals surface area contributed by atoms with Crippen LogP contribution in [0, 0.1) is 0 Å². The number of aliphatic hydroxyl groups is 2. The molecule has 0 saturated carbocycles. The number of allylic oxidation sites excluding steroid dienone is 2. The molecule has 2 atom stereocenters. The molecule has 0 radical (unpaired) electrons. The van der Waals surface area contributed by atoms with Crippen LogP contribution in [0.2, 0.25) is 0 Å². The number of hydrogen-bond acceptors (Lipinski definition) is 5. The molecule has 0 saturated heterocycles. The average Bonchev–Trinajstić information content (AvgIpc) is 3.39. The lowest BCUT2D eigenvalue weighted by Crippen LogP contribution is -2.45. The molecule has 6 heteroatoms. The molecule has 0 aliphatic rings. The van der Waals surface area contributed by atoms with Crippen LogP contribution < -0.4 is 5.32 Å². The van der Waals surface area contributed by atoms with Gasteiger partial charge in [-0.1, -0.05) is 328 Å². The third-order valence-corrected chi connectivity index (χ3v) is 15.8. The highest BCUT2D eigenvalue weighted by molar-refractivity contribution is 5.76. The highest BCUT2D eigenvalue weighted by Gasteiger charge is 2.20. The van der Waals surface area contributed by atoms with E-state index >= 15 is 0 Å². The summed E-state index contributed by atoms with van der Waals surface area (Å²) in [7, 11) is 0. The first-order chi connectivity index (χ1) is 36.0. The van der Waals surface area contributed by atoms with Gasteiger partial charge in [-0.05, 0) is 51.4 Å². The summed E-state index contributed by atoms with van der Waals surface area (Å²) in [6.07, 6.45) is 76.7. The van der Waals surface area contributed by atoms with Gasteiger partial charge in [-0.15, -0.1) is 0 Å². The third kappa shape index (κ3) is 59.7. The first kappa shape index (κ1) is 71.6. The average molecular weight is 1030 g/mol. The van der Waals surface area contributed by atoms with Gasteiger partial charge < -0.3 is 20.3 Å². The highest BCUT2D eigenvalue weighted by Crippen LogP contribution is 2.19. The minimum absolute atomic E-state index is 0.00662. The fraction of sp³-hybridized carbons (Fsp3) is 0.940. The maximum atomic E-state index is 12.5. The van der Waals surface area contributed by atoms with Gasteiger partial charge in [0.05, 0.1) is 25.4 Å². The molecule has 0 heterocycles. The lowest BCUT2D eigenvalue weighted by atomic mass is 10.0. The Bertz CT molecular complexity index is 1100. The van der Waals surface area contributed by atoms with Crippen LogP contribution >= 0.6 is 0 Å². The van der Waals surface area contributed by atoms with Crippen molar-refractivity contribution < 1.29 is 24.5 Å². The van der Waals surface area contributed by atoms with Gasteiger partial charge in [0.2, 0.25) is 5.91 Å². The van der Waals surface area contributed by atoms with Gasteiger partial charge >= 0.3 is 5.97 Å². The molecule has 0 aliphatic carbocycles. The van der Waals surface area contributed by atoms with Crippen LogP contribution in [-0.2, 0) is 14.3 Å². The van der Waals surface area contributed by atoms with E-state index in [1.807, 2.05) is 0 Å². The molecule has 0 aliphatic heterocycles. The largest absolute Gasteiger partial charge is 0.466 e. The van der Waals surface area contributed by atoms with Crippen molar-refractivity contribution in [2.45, 2.75) is 392 Å². The lowest BCUT2D eigenvalue weighted by Gasteiger charge is -2.22. The number of nitrogens with one attached hydrogen (secondary N) is 1. The Balaban J connectivity index is 3.45. The topological polar surface area (TPSA) is 95.9 Å². The summed E-state index contributed by atoms with van der Waals surface area (Å²) < 4.78 is 5.49. The van der Waals surface area contributed by atoms with Crippen LogP contribution in [0.5, 0.6) is 0 Å². The van der Waals surface area contributed by atoms with E-state index in [-0.39, 0.29) is 18.5 Å². The lowest BCUT2D eigenvalue weighted by molar-refractivity contribution is -0.143. The number of carbonyl (C=O) groups excluding carboxylic acids is 2. The SMILES string of the molecule is CCCCCCCCCCCCCCCCCCCCCCCCCCCC(O)C(CO)NC(=O)CCCCC/C=C\CCCCCCCCOC(=O)CCCCCCCCCCCCCCCCCCCC. The molecule has 6 nitrogen and oxygen atoms in total. The van der Waals surface area contributed by atoms with Gasteiger partial charge in [-0.2, -0.15) is 0 Å². The number of unbranched alkanes of at least 4 members (excludes halogenated alkanes) is 50. The number of hydrogen-bond donors (Lipinski definition) is 3. The molecule has 73 heavy (non-hydrogen) atoms. The van der Waals surface area contributed by atoms with E-state index < -0.39 is 12.1 Å². The first-order valence-corrected chi connectivity index (χ1v) is 33.4. The quantitative estimate of drug-likeness (QED) is 0.0320. The molecular formula is C67H131NO5. The number of ether oxygens (including phenoxy) is 1. The molecule has 0 rings (SSSR count). The van der Waals surface area contributed by atoms with Crippen molar-refractivity contribution >= 4 is 11.9 Å². The number of carbonyl (C=O) groups is 2. The highest BCUT2D eigenvalue weighted by atomic mass is 16.5. The van der Waals surface area contributed by atoms with Gasteiger partial charge in [0, 0.05) is 12.8 Å². The summed E-state index contributed by atoms with van der Waals surface area (Å²) in [5.41, 5.74) is 0. The van der Waals surface area contributed by atoms with E-state index in [2.05, 4.69) is 31.3 Å². The van der Waals surface area contributed by atoms with Crippen molar-refractivity contribution in [3.05, 3.63) is 12.2 Å². The van der Waals surface area contributed by atoms with Crippen molar-refractivity contribution in [3.8, 4) is 0 Å². The van der Waals surface area contributed by atoms with Crippen molar-refractivity contribution in [1.29, 1.82) is 0 Å². The molecule has 1 amide bonds. The van der Waals surface area contributed by atoms with Gasteiger partial charge in [0.25, 0.3) is 0 Å². The first-order valence-electron chi connectivity index (χ1n) is 33.4. The molecule has 0 aromatic carbocycles. The van der Waals surface area contributed by atoms with E-state index in [9.17, 15) is 19.8 Å². The zero-order valence-electron chi connectivity index (χ0n) is 49.6. The molecule has 3 N–H and O–H groups in total. The fourth-order valence-electron chi connectivity index (χ4n) is 10.7. The van der Waals surface area contributed by atoms with Crippen molar-refractivity contribution in [2.75, 3.05) is 13.2 Å². The van der Waals surface area contributed by atoms with E-state index in [4.69, 9.17) is 4.74 Å². The van der Waals surface area contributed by atoms with Gasteiger partial charge in [0.1, 0.15) is 0 Å². The second kappa shape index (κ2) is 63.1. The van der Waals surface area contributed by atoms with Crippen LogP contribution in [-0.4, -0.2) is 47.4 Å². The normalized spacial score (nSPS) is 12.5. The molecule has 2 unspecified atom stereocenters. The Morgan fingerprint density at radius 1 is 0.370 bits per heavy atom. The van der Waals surface area contributed by atoms with Crippen molar-refractivity contribution in [1.82, 2.24) is 5.32 Å². The second-order valence-corrected chi connectivity index (χ2v) is 23.2. The fourth-order valence-corrected chi connectivity index (χ4v) is 10.7. The van der Waals surface area contributed by atoms with Gasteiger partial charge in [0.15, 0.2) is 0 Å². The maximum Gasteiger partial charge on any atom is 0.305 e. The summed E-state index contributed by atoms with van der Waals surface area (Å²) in [6.45, 7) is 4.95. The summed E-state index contributed by atoms with van der Waals surface area (Å²) in [6, 6.07) is -0.562. The Kier molecular flexibility index (Phi) is 61.9. The summed E-state index contributed by atoms with van der Waals surface area (Å²) in [5, 5.41) is 23.4. The van der Waals surface area contributed by atoms with E-state index in [0.29, 0.717) is 25.9 Å². The summed E-state index contributed by atoms with van der Waals surface area (Å²) in [5.74, 6) is -0.0663. The summed E-state index contributed by atoms with van der Waals surface area (Å²) >= 11 is 0. The molecule has 0 aromatic heterocycles. The Morgan fingerprint density at radius 3 is 0.986 bits per heavy atom. The van der Waals surface area contributed by atoms with Crippen molar-refractivity contribution in [3.63, 3.8) is 0 Å². The Labute approximate surface area is 457 Å².